The van der Waals surface area contributed by atoms with Crippen molar-refractivity contribution in [3.05, 3.63) is 36.0 Å². The fraction of sp³-hybridized carbons (Fsp3) is 0.333. The average molecular weight is 289 g/mol. The molecule has 1 atom stereocenters. The largest absolute Gasteiger partial charge is 0.480 e. The summed E-state index contributed by atoms with van der Waals surface area (Å²) < 4.78 is 0. The Labute approximate surface area is 122 Å². The number of para-hydroxylation sites is 1. The van der Waals surface area contributed by atoms with Crippen LogP contribution < -0.4 is 5.32 Å². The van der Waals surface area contributed by atoms with Gasteiger partial charge in [0.2, 0.25) is 5.91 Å². The van der Waals surface area contributed by atoms with Crippen molar-refractivity contribution in [2.45, 2.75) is 12.5 Å². The highest BCUT2D eigenvalue weighted by molar-refractivity contribution is 5.87. The molecule has 0 saturated heterocycles. The van der Waals surface area contributed by atoms with Crippen LogP contribution in [0.25, 0.3) is 10.9 Å². The molecular weight excluding hydrogens is 270 g/mol. The van der Waals surface area contributed by atoms with Crippen molar-refractivity contribution in [3.8, 4) is 0 Å². The number of aromatic nitrogens is 1. The van der Waals surface area contributed by atoms with E-state index in [2.05, 4.69) is 10.3 Å². The first-order valence-corrected chi connectivity index (χ1v) is 6.69. The van der Waals surface area contributed by atoms with E-state index in [4.69, 9.17) is 0 Å². The smallest absolute Gasteiger partial charge is 0.326 e. The molecule has 0 aliphatic rings. The van der Waals surface area contributed by atoms with E-state index < -0.39 is 12.0 Å². The van der Waals surface area contributed by atoms with Crippen molar-refractivity contribution in [1.82, 2.24) is 15.2 Å². The SMILES string of the molecule is CN(C)CC(=O)NC(Cc1c[nH]c2ccccc12)C(=O)O. The summed E-state index contributed by atoms with van der Waals surface area (Å²) >= 11 is 0. The third-order valence-corrected chi connectivity index (χ3v) is 3.19. The fourth-order valence-corrected chi connectivity index (χ4v) is 2.25. The Balaban J connectivity index is 2.13. The molecular formula is C15H19N3O3. The Morgan fingerprint density at radius 1 is 1.33 bits per heavy atom. The summed E-state index contributed by atoms with van der Waals surface area (Å²) in [5.41, 5.74) is 1.83. The van der Waals surface area contributed by atoms with E-state index in [-0.39, 0.29) is 18.9 Å². The molecule has 112 valence electrons. The Morgan fingerprint density at radius 2 is 2.05 bits per heavy atom. The van der Waals surface area contributed by atoms with E-state index in [0.29, 0.717) is 0 Å². The highest BCUT2D eigenvalue weighted by atomic mass is 16.4. The van der Waals surface area contributed by atoms with Crippen LogP contribution in [0.3, 0.4) is 0 Å². The molecule has 0 bridgehead atoms. The van der Waals surface area contributed by atoms with E-state index in [1.165, 1.54) is 0 Å². The molecule has 1 aromatic carbocycles. The van der Waals surface area contributed by atoms with Crippen molar-refractivity contribution in [2.75, 3.05) is 20.6 Å². The third-order valence-electron chi connectivity index (χ3n) is 3.19. The molecule has 1 aromatic heterocycles. The maximum atomic E-state index is 11.7. The van der Waals surface area contributed by atoms with Crippen LogP contribution in [0, 0.1) is 0 Å². The number of H-pyrrole nitrogens is 1. The lowest BCUT2D eigenvalue weighted by molar-refractivity contribution is -0.141. The minimum atomic E-state index is -1.03. The van der Waals surface area contributed by atoms with Gasteiger partial charge in [0.05, 0.1) is 6.54 Å². The minimum absolute atomic E-state index is 0.164. The van der Waals surface area contributed by atoms with Crippen LogP contribution in [0.15, 0.2) is 30.5 Å². The van der Waals surface area contributed by atoms with Crippen LogP contribution in [0.4, 0.5) is 0 Å². The zero-order valence-electron chi connectivity index (χ0n) is 12.1. The molecule has 2 aromatic rings. The van der Waals surface area contributed by atoms with Crippen molar-refractivity contribution in [3.63, 3.8) is 0 Å². The van der Waals surface area contributed by atoms with Gasteiger partial charge >= 0.3 is 5.97 Å². The molecule has 0 fully saturated rings. The van der Waals surface area contributed by atoms with Crippen LogP contribution in [-0.4, -0.2) is 53.5 Å². The molecule has 1 amide bonds. The van der Waals surface area contributed by atoms with Crippen molar-refractivity contribution >= 4 is 22.8 Å². The first-order chi connectivity index (χ1) is 9.97. The number of nitrogens with zero attached hydrogens (tertiary/aromatic N) is 1. The molecule has 6 nitrogen and oxygen atoms in total. The van der Waals surface area contributed by atoms with E-state index in [9.17, 15) is 14.7 Å². The summed E-state index contributed by atoms with van der Waals surface area (Å²) in [4.78, 5) is 27.9. The number of aliphatic carboxylic acids is 1. The Hall–Kier alpha value is -2.34. The standard InChI is InChI=1S/C15H19N3O3/c1-18(2)9-14(19)17-13(15(20)21)7-10-8-16-12-6-4-3-5-11(10)12/h3-6,8,13,16H,7,9H2,1-2H3,(H,17,19)(H,20,21). The number of carbonyl (C=O) groups is 2. The van der Waals surface area contributed by atoms with E-state index in [1.54, 1.807) is 25.2 Å². The van der Waals surface area contributed by atoms with Crippen LogP contribution in [0.2, 0.25) is 0 Å². The van der Waals surface area contributed by atoms with Gasteiger partial charge in [0.1, 0.15) is 6.04 Å². The molecule has 0 saturated carbocycles. The molecule has 2 rings (SSSR count). The third kappa shape index (κ3) is 3.82. The van der Waals surface area contributed by atoms with Gasteiger partial charge < -0.3 is 20.3 Å². The zero-order valence-corrected chi connectivity index (χ0v) is 12.1. The monoisotopic (exact) mass is 289 g/mol. The zero-order chi connectivity index (χ0) is 15.4. The summed E-state index contributed by atoms with van der Waals surface area (Å²) in [5.74, 6) is -1.33. The summed E-state index contributed by atoms with van der Waals surface area (Å²) in [6.07, 6.45) is 2.04. The number of amides is 1. The normalized spacial score (nSPS) is 12.5. The van der Waals surface area contributed by atoms with Crippen LogP contribution >= 0.6 is 0 Å². The first-order valence-electron chi connectivity index (χ1n) is 6.69. The van der Waals surface area contributed by atoms with Crippen molar-refractivity contribution in [2.24, 2.45) is 0 Å². The van der Waals surface area contributed by atoms with Gasteiger partial charge in [-0.15, -0.1) is 0 Å². The predicted molar refractivity (Wildman–Crippen MR) is 80.1 cm³/mol. The van der Waals surface area contributed by atoms with E-state index >= 15 is 0 Å². The number of carboxylic acids is 1. The van der Waals surface area contributed by atoms with Crippen molar-refractivity contribution in [1.29, 1.82) is 0 Å². The van der Waals surface area contributed by atoms with E-state index in [1.807, 2.05) is 24.3 Å². The van der Waals surface area contributed by atoms with Gasteiger partial charge in [-0.1, -0.05) is 18.2 Å². The van der Waals surface area contributed by atoms with Crippen LogP contribution in [0.5, 0.6) is 0 Å². The quantitative estimate of drug-likeness (QED) is 0.735. The molecule has 0 spiro atoms. The number of benzene rings is 1. The summed E-state index contributed by atoms with van der Waals surface area (Å²) in [7, 11) is 3.52. The minimum Gasteiger partial charge on any atom is -0.480 e. The maximum Gasteiger partial charge on any atom is 0.326 e. The lowest BCUT2D eigenvalue weighted by Crippen LogP contribution is -2.45. The van der Waals surface area contributed by atoms with Gasteiger partial charge in [0.25, 0.3) is 0 Å². The number of aromatic amines is 1. The number of hydrogen-bond acceptors (Lipinski definition) is 3. The van der Waals surface area contributed by atoms with Crippen LogP contribution in [-0.2, 0) is 16.0 Å². The Morgan fingerprint density at radius 3 is 2.71 bits per heavy atom. The second kappa shape index (κ2) is 6.41. The summed E-state index contributed by atoms with van der Waals surface area (Å²) in [6.45, 7) is 0.164. The number of rotatable bonds is 6. The Kier molecular flexibility index (Phi) is 4.59. The second-order valence-corrected chi connectivity index (χ2v) is 5.26. The number of nitrogens with one attached hydrogen (secondary N) is 2. The topological polar surface area (TPSA) is 85.4 Å². The molecule has 21 heavy (non-hydrogen) atoms. The summed E-state index contributed by atoms with van der Waals surface area (Å²) in [6, 6.07) is 6.74. The van der Waals surface area contributed by atoms with Gasteiger partial charge in [-0.25, -0.2) is 4.79 Å². The Bertz CT molecular complexity index is 648. The number of fused-ring (bicyclic) bond motifs is 1. The number of carboxylic acid groups (broad SMARTS) is 1. The molecule has 1 unspecified atom stereocenters. The molecule has 0 aliphatic carbocycles. The molecule has 1 heterocycles. The highest BCUT2D eigenvalue weighted by Gasteiger charge is 2.21. The van der Waals surface area contributed by atoms with Crippen molar-refractivity contribution < 1.29 is 14.7 Å². The maximum absolute atomic E-state index is 11.7. The van der Waals surface area contributed by atoms with Gasteiger partial charge in [0, 0.05) is 23.5 Å². The van der Waals surface area contributed by atoms with Gasteiger partial charge in [-0.05, 0) is 25.7 Å². The predicted octanol–water partition coefficient (Wildman–Crippen LogP) is 0.841. The fourth-order valence-electron chi connectivity index (χ4n) is 2.25. The molecule has 6 heteroatoms. The van der Waals surface area contributed by atoms with E-state index in [0.717, 1.165) is 16.5 Å². The number of hydrogen-bond donors (Lipinski definition) is 3. The number of likely N-dealkylation sites (N-methyl/N-ethyl adjacent to an activating group) is 1. The lowest BCUT2D eigenvalue weighted by atomic mass is 10.0. The van der Waals surface area contributed by atoms with Crippen LogP contribution in [0.1, 0.15) is 5.56 Å². The van der Waals surface area contributed by atoms with Gasteiger partial charge in [0.15, 0.2) is 0 Å². The highest BCUT2D eigenvalue weighted by Crippen LogP contribution is 2.19. The molecule has 0 radical (unpaired) electrons. The summed E-state index contributed by atoms with van der Waals surface area (Å²) in [5, 5.41) is 12.8. The molecule has 0 aliphatic heterocycles. The first kappa shape index (κ1) is 15.1. The lowest BCUT2D eigenvalue weighted by Gasteiger charge is -2.16. The molecule has 3 N–H and O–H groups in total. The number of carbonyl (C=O) groups excluding carboxylic acids is 1. The van der Waals surface area contributed by atoms with Gasteiger partial charge in [-0.3, -0.25) is 4.79 Å². The second-order valence-electron chi connectivity index (χ2n) is 5.26. The van der Waals surface area contributed by atoms with Gasteiger partial charge in [-0.2, -0.15) is 0 Å². The average Bonchev–Trinajstić information content (AvgIpc) is 2.80.